The maximum Gasteiger partial charge on any atom is 0.251 e. The minimum Gasteiger partial charge on any atom is -0.481 e. The van der Waals surface area contributed by atoms with E-state index < -0.39 is 0 Å². The molecule has 0 aliphatic heterocycles. The fraction of sp³-hybridized carbons (Fsp3) is 0.222. The van der Waals surface area contributed by atoms with E-state index in [0.29, 0.717) is 48.1 Å². The number of aromatic nitrogens is 1. The Labute approximate surface area is 204 Å². The van der Waals surface area contributed by atoms with Crippen molar-refractivity contribution in [1.82, 2.24) is 10.3 Å². The van der Waals surface area contributed by atoms with Gasteiger partial charge < -0.3 is 24.3 Å². The highest BCUT2D eigenvalue weighted by molar-refractivity contribution is 5.94. The van der Waals surface area contributed by atoms with Gasteiger partial charge in [-0.3, -0.25) is 4.79 Å². The predicted octanol–water partition coefficient (Wildman–Crippen LogP) is 4.07. The first-order valence-electron chi connectivity index (χ1n) is 10.9. The van der Waals surface area contributed by atoms with Gasteiger partial charge in [-0.15, -0.1) is 0 Å². The van der Waals surface area contributed by atoms with Gasteiger partial charge >= 0.3 is 0 Å². The molecule has 0 radical (unpaired) electrons. The topological polar surface area (TPSA) is 103 Å². The van der Waals surface area contributed by atoms with Crippen molar-refractivity contribution in [1.29, 1.82) is 5.26 Å². The number of hydrogen-bond donors (Lipinski definition) is 1. The Kier molecular flexibility index (Phi) is 9.81. The van der Waals surface area contributed by atoms with Crippen LogP contribution in [0.1, 0.15) is 21.5 Å². The third-order valence-electron chi connectivity index (χ3n) is 4.97. The molecular formula is C27H27N3O5. The van der Waals surface area contributed by atoms with Gasteiger partial charge in [-0.25, -0.2) is 4.98 Å². The van der Waals surface area contributed by atoms with E-state index in [4.69, 9.17) is 18.9 Å². The molecule has 8 heteroatoms. The number of nitrogens with zero attached hydrogens (tertiary/aromatic N) is 2. The van der Waals surface area contributed by atoms with Crippen molar-refractivity contribution in [2.24, 2.45) is 0 Å². The molecule has 8 nitrogen and oxygen atoms in total. The minimum atomic E-state index is -0.192. The highest BCUT2D eigenvalue weighted by Crippen LogP contribution is 2.22. The van der Waals surface area contributed by atoms with Crippen LogP contribution < -0.4 is 14.8 Å². The number of methoxy groups -OCH3 is 2. The van der Waals surface area contributed by atoms with Crippen LogP contribution in [0.5, 0.6) is 11.6 Å². The van der Waals surface area contributed by atoms with Crippen molar-refractivity contribution in [2.45, 2.75) is 0 Å². The van der Waals surface area contributed by atoms with E-state index in [-0.39, 0.29) is 12.7 Å². The lowest BCUT2D eigenvalue weighted by Crippen LogP contribution is -2.23. The van der Waals surface area contributed by atoms with Gasteiger partial charge in [-0.1, -0.05) is 24.3 Å². The zero-order chi connectivity index (χ0) is 24.9. The van der Waals surface area contributed by atoms with Crippen LogP contribution in [0.25, 0.3) is 17.2 Å². The Morgan fingerprint density at radius 1 is 1.06 bits per heavy atom. The molecule has 1 aromatic heterocycles. The molecule has 1 amide bonds. The molecule has 0 spiro atoms. The quantitative estimate of drug-likeness (QED) is 0.312. The molecular weight excluding hydrogens is 446 g/mol. The monoisotopic (exact) mass is 473 g/mol. The van der Waals surface area contributed by atoms with Gasteiger partial charge in [0.1, 0.15) is 5.75 Å². The summed E-state index contributed by atoms with van der Waals surface area (Å²) in [5, 5.41) is 12.1. The van der Waals surface area contributed by atoms with Crippen LogP contribution in [0.3, 0.4) is 0 Å². The van der Waals surface area contributed by atoms with E-state index in [0.717, 1.165) is 11.1 Å². The van der Waals surface area contributed by atoms with Crippen LogP contribution in [-0.4, -0.2) is 51.7 Å². The molecule has 0 saturated heterocycles. The lowest BCUT2D eigenvalue weighted by Gasteiger charge is -2.10. The number of pyridine rings is 1. The van der Waals surface area contributed by atoms with E-state index in [2.05, 4.69) is 16.4 Å². The molecule has 3 rings (SSSR count). The number of hydrogen-bond acceptors (Lipinski definition) is 7. The largest absolute Gasteiger partial charge is 0.481 e. The molecule has 2 aromatic carbocycles. The first-order valence-corrected chi connectivity index (χ1v) is 10.9. The molecule has 3 aromatic rings. The van der Waals surface area contributed by atoms with Crippen LogP contribution in [0.2, 0.25) is 0 Å². The van der Waals surface area contributed by atoms with Crippen molar-refractivity contribution >= 4 is 12.0 Å². The van der Waals surface area contributed by atoms with E-state index in [1.807, 2.05) is 18.2 Å². The van der Waals surface area contributed by atoms with Crippen molar-refractivity contribution in [2.75, 3.05) is 40.8 Å². The van der Waals surface area contributed by atoms with Crippen LogP contribution in [-0.2, 0) is 9.47 Å². The average Bonchev–Trinajstić information content (AvgIpc) is 2.91. The van der Waals surface area contributed by atoms with Crippen molar-refractivity contribution in [3.8, 4) is 28.8 Å². The Balaban J connectivity index is 1.56. The molecule has 0 unspecified atom stereocenters. The highest BCUT2D eigenvalue weighted by atomic mass is 16.7. The normalized spacial score (nSPS) is 10.7. The molecule has 0 atom stereocenters. The van der Waals surface area contributed by atoms with Crippen molar-refractivity contribution < 1.29 is 23.7 Å². The van der Waals surface area contributed by atoms with Crippen LogP contribution in [0.15, 0.2) is 66.9 Å². The van der Waals surface area contributed by atoms with Crippen LogP contribution in [0.4, 0.5) is 0 Å². The van der Waals surface area contributed by atoms with Gasteiger partial charge in [0.05, 0.1) is 32.0 Å². The number of amides is 1. The number of nitriles is 1. The van der Waals surface area contributed by atoms with E-state index >= 15 is 0 Å². The molecule has 1 heterocycles. The zero-order valence-electron chi connectivity index (χ0n) is 19.7. The zero-order valence-corrected chi connectivity index (χ0v) is 19.7. The van der Waals surface area contributed by atoms with E-state index in [1.165, 1.54) is 0 Å². The first kappa shape index (κ1) is 25.4. The average molecular weight is 474 g/mol. The third kappa shape index (κ3) is 7.67. The summed E-state index contributed by atoms with van der Waals surface area (Å²) >= 11 is 0. The second-order valence-corrected chi connectivity index (χ2v) is 7.31. The standard InChI is InChI=1S/C27H27N3O5/c1-32-14-15-34-19-35-25-11-5-20(17-28)16-23(25)4-3-13-29-27(31)22-8-6-21(7-9-22)24-10-12-26(33-2)30-18-24/h3-12,16,18H,13-15,19H2,1-2H3,(H,29,31). The van der Waals surface area contributed by atoms with Gasteiger partial charge in [0.25, 0.3) is 5.91 Å². The summed E-state index contributed by atoms with van der Waals surface area (Å²) in [4.78, 5) is 16.7. The van der Waals surface area contributed by atoms with Gasteiger partial charge in [0.15, 0.2) is 6.79 Å². The van der Waals surface area contributed by atoms with Gasteiger partial charge in [-0.05, 0) is 42.0 Å². The summed E-state index contributed by atoms with van der Waals surface area (Å²) in [6, 6.07) is 18.2. The molecule has 35 heavy (non-hydrogen) atoms. The molecule has 1 N–H and O–H groups in total. The van der Waals surface area contributed by atoms with Crippen molar-refractivity contribution in [3.63, 3.8) is 0 Å². The summed E-state index contributed by atoms with van der Waals surface area (Å²) in [7, 11) is 3.17. The summed E-state index contributed by atoms with van der Waals surface area (Å²) in [5.41, 5.74) is 3.65. The SMILES string of the molecule is COCCOCOc1ccc(C#N)cc1C=CCNC(=O)c1ccc(-c2ccc(OC)nc2)cc1. The molecule has 0 aliphatic rings. The lowest BCUT2D eigenvalue weighted by molar-refractivity contribution is -0.00856. The smallest absolute Gasteiger partial charge is 0.251 e. The molecule has 180 valence electrons. The predicted molar refractivity (Wildman–Crippen MR) is 132 cm³/mol. The lowest BCUT2D eigenvalue weighted by atomic mass is 10.1. The van der Waals surface area contributed by atoms with E-state index in [9.17, 15) is 10.1 Å². The van der Waals surface area contributed by atoms with Gasteiger partial charge in [0, 0.05) is 42.6 Å². The third-order valence-corrected chi connectivity index (χ3v) is 4.97. The number of benzene rings is 2. The summed E-state index contributed by atoms with van der Waals surface area (Å²) < 4.78 is 21.0. The van der Waals surface area contributed by atoms with Crippen molar-refractivity contribution in [3.05, 3.63) is 83.6 Å². The number of nitrogens with one attached hydrogen (secondary N) is 1. The second kappa shape index (κ2) is 13.5. The summed E-state index contributed by atoms with van der Waals surface area (Å²) in [6.07, 6.45) is 5.32. The van der Waals surface area contributed by atoms with Gasteiger partial charge in [-0.2, -0.15) is 5.26 Å². The fourth-order valence-electron chi connectivity index (χ4n) is 3.11. The molecule has 0 bridgehead atoms. The van der Waals surface area contributed by atoms with Crippen LogP contribution in [0, 0.1) is 11.3 Å². The summed E-state index contributed by atoms with van der Waals surface area (Å²) in [6.45, 7) is 1.27. The maximum absolute atomic E-state index is 12.5. The number of ether oxygens (including phenoxy) is 4. The first-order chi connectivity index (χ1) is 17.1. The molecule has 0 saturated carbocycles. The van der Waals surface area contributed by atoms with Gasteiger partial charge in [0.2, 0.25) is 5.88 Å². The number of rotatable bonds is 12. The van der Waals surface area contributed by atoms with Crippen LogP contribution >= 0.6 is 0 Å². The number of carbonyl (C=O) groups excluding carboxylic acids is 1. The Morgan fingerprint density at radius 3 is 2.54 bits per heavy atom. The Hall–Kier alpha value is -4.19. The fourth-order valence-corrected chi connectivity index (χ4v) is 3.11. The number of carbonyl (C=O) groups is 1. The molecule has 0 fully saturated rings. The highest BCUT2D eigenvalue weighted by Gasteiger charge is 2.06. The van der Waals surface area contributed by atoms with E-state index in [1.54, 1.807) is 69.0 Å². The maximum atomic E-state index is 12.5. The minimum absolute atomic E-state index is 0.0649. The summed E-state index contributed by atoms with van der Waals surface area (Å²) in [5.74, 6) is 0.932. The Bertz CT molecular complexity index is 1170. The second-order valence-electron chi connectivity index (χ2n) is 7.31. The molecule has 0 aliphatic carbocycles. The Morgan fingerprint density at radius 2 is 1.86 bits per heavy atom.